The van der Waals surface area contributed by atoms with Crippen molar-refractivity contribution in [1.29, 1.82) is 0 Å². The van der Waals surface area contributed by atoms with Crippen molar-refractivity contribution in [3.63, 3.8) is 0 Å². The Kier molecular flexibility index (Phi) is 3.61. The summed E-state index contributed by atoms with van der Waals surface area (Å²) in [4.78, 5) is 9.73. The van der Waals surface area contributed by atoms with Gasteiger partial charge in [0.1, 0.15) is 0 Å². The Labute approximate surface area is 50.8 Å². The Bertz CT molecular complexity index is 105. The fourth-order valence-electron chi connectivity index (χ4n) is 0.152. The second kappa shape index (κ2) is 3.81. The van der Waals surface area contributed by atoms with Crippen LogP contribution in [0, 0.1) is 0 Å². The van der Waals surface area contributed by atoms with Gasteiger partial charge < -0.3 is 0 Å². The third-order valence-electron chi connectivity index (χ3n) is 0.390. The topological polar surface area (TPSA) is 17.1 Å². The van der Waals surface area contributed by atoms with Crippen LogP contribution in [0.15, 0.2) is 23.2 Å². The van der Waals surface area contributed by atoms with E-state index in [1.165, 1.54) is 0 Å². The van der Waals surface area contributed by atoms with Gasteiger partial charge in [0.15, 0.2) is 6.29 Å². The van der Waals surface area contributed by atoms with Crippen molar-refractivity contribution < 1.29 is 4.79 Å². The summed E-state index contributed by atoms with van der Waals surface area (Å²) in [5.41, 5.74) is 0. The molecule has 0 unspecified atom stereocenters. The molecule has 0 spiro atoms. The van der Waals surface area contributed by atoms with E-state index in [9.17, 15) is 4.79 Å². The maximum atomic E-state index is 9.73. The maximum absolute atomic E-state index is 9.73. The molecular weight excluding hydrogens is 156 g/mol. The Morgan fingerprint density at radius 1 is 1.71 bits per heavy atom. The van der Waals surface area contributed by atoms with Gasteiger partial charge in [-0.2, -0.15) is 0 Å². The fraction of sp³-hybridized carbons (Fsp3) is 0. The first kappa shape index (κ1) is 6.63. The molecule has 0 aromatic heterocycles. The molecule has 0 saturated carbocycles. The van der Waals surface area contributed by atoms with Crippen molar-refractivity contribution in [3.8, 4) is 0 Å². The minimum absolute atomic E-state index is 0.516. The van der Waals surface area contributed by atoms with Crippen LogP contribution < -0.4 is 0 Å². The highest BCUT2D eigenvalue weighted by molar-refractivity contribution is 9.12. The average molecular weight is 161 g/mol. The summed E-state index contributed by atoms with van der Waals surface area (Å²) in [5.74, 6) is 0. The first-order valence-corrected chi connectivity index (χ1v) is 2.54. The largest absolute Gasteiger partial charge is 0.297 e. The summed E-state index contributed by atoms with van der Waals surface area (Å²) in [7, 11) is 0. The quantitative estimate of drug-likeness (QED) is 0.342. The van der Waals surface area contributed by atoms with Gasteiger partial charge in [-0.15, -0.1) is 0 Å². The van der Waals surface area contributed by atoms with Gasteiger partial charge in [0.2, 0.25) is 0 Å². The smallest absolute Gasteiger partial charge is 0.156 e. The summed E-state index contributed by atoms with van der Waals surface area (Å²) in [5, 5.41) is 0. The van der Waals surface area contributed by atoms with E-state index in [-0.39, 0.29) is 0 Å². The van der Waals surface area contributed by atoms with Crippen molar-refractivity contribution in [2.24, 2.45) is 0 Å². The van der Waals surface area contributed by atoms with Gasteiger partial charge in [0, 0.05) is 0 Å². The van der Waals surface area contributed by atoms with E-state index >= 15 is 0 Å². The molecule has 0 aliphatic carbocycles. The molecule has 7 heavy (non-hydrogen) atoms. The van der Waals surface area contributed by atoms with Gasteiger partial charge in [-0.3, -0.25) is 4.79 Å². The molecule has 0 saturated heterocycles. The van der Waals surface area contributed by atoms with Gasteiger partial charge in [-0.05, 0) is 22.0 Å². The predicted molar refractivity (Wildman–Crippen MR) is 33.3 cm³/mol. The number of aldehydes is 1. The fourth-order valence-corrected chi connectivity index (χ4v) is 0.339. The lowest BCUT2D eigenvalue weighted by Gasteiger charge is -1.72. The lowest BCUT2D eigenvalue weighted by atomic mass is 10.5. The summed E-state index contributed by atoms with van der Waals surface area (Å²) in [6.45, 7) is 3.38. The molecule has 38 valence electrons. The summed E-state index contributed by atoms with van der Waals surface area (Å²) < 4.78 is 0.516. The summed E-state index contributed by atoms with van der Waals surface area (Å²) in [6, 6.07) is 0. The molecular formula is C5H5BrO. The lowest BCUT2D eigenvalue weighted by Crippen LogP contribution is -1.65. The monoisotopic (exact) mass is 160 g/mol. The van der Waals surface area contributed by atoms with Gasteiger partial charge in [-0.25, -0.2) is 0 Å². The van der Waals surface area contributed by atoms with Crippen LogP contribution in [-0.2, 0) is 4.79 Å². The number of hydrogen-bond donors (Lipinski definition) is 0. The third-order valence-corrected chi connectivity index (χ3v) is 0.841. The van der Waals surface area contributed by atoms with Crippen LogP contribution in [0.3, 0.4) is 0 Å². The Hall–Kier alpha value is -0.370. The van der Waals surface area contributed by atoms with Crippen LogP contribution in [-0.4, -0.2) is 6.29 Å². The van der Waals surface area contributed by atoms with Gasteiger partial charge in [-0.1, -0.05) is 12.7 Å². The van der Waals surface area contributed by atoms with Crippen LogP contribution in [0.2, 0.25) is 0 Å². The standard InChI is InChI=1S/C5H5BrO/c1-2-3-5(6)4-7/h2-4H,1H2/b5-3+. The highest BCUT2D eigenvalue weighted by Crippen LogP contribution is 1.97. The van der Waals surface area contributed by atoms with Crippen LogP contribution in [0.4, 0.5) is 0 Å². The molecule has 0 radical (unpaired) electrons. The zero-order valence-electron chi connectivity index (χ0n) is 3.73. The van der Waals surface area contributed by atoms with Gasteiger partial charge in [0.05, 0.1) is 4.48 Å². The van der Waals surface area contributed by atoms with Crippen LogP contribution in [0.25, 0.3) is 0 Å². The van der Waals surface area contributed by atoms with E-state index in [1.807, 2.05) is 0 Å². The van der Waals surface area contributed by atoms with Crippen molar-refractivity contribution >= 4 is 22.2 Å². The molecule has 0 atom stereocenters. The lowest BCUT2D eigenvalue weighted by molar-refractivity contribution is -0.104. The number of carbonyl (C=O) groups excluding carboxylic acids is 1. The van der Waals surface area contributed by atoms with E-state index in [2.05, 4.69) is 22.5 Å². The Balaban J connectivity index is 3.72. The SMILES string of the molecule is C=C/C=C(/Br)C=O. The number of allylic oxidation sites excluding steroid dienone is 3. The number of hydrogen-bond acceptors (Lipinski definition) is 1. The normalized spacial score (nSPS) is 10.7. The van der Waals surface area contributed by atoms with Crippen molar-refractivity contribution in [3.05, 3.63) is 23.2 Å². The highest BCUT2D eigenvalue weighted by atomic mass is 79.9. The van der Waals surface area contributed by atoms with E-state index < -0.39 is 0 Å². The number of halogens is 1. The molecule has 0 aromatic carbocycles. The molecule has 0 amide bonds. The molecule has 0 aromatic rings. The van der Waals surface area contributed by atoms with Crippen LogP contribution >= 0.6 is 15.9 Å². The molecule has 0 bridgehead atoms. The zero-order chi connectivity index (χ0) is 5.70. The molecule has 0 aliphatic heterocycles. The molecule has 1 nitrogen and oxygen atoms in total. The third kappa shape index (κ3) is 3.46. The van der Waals surface area contributed by atoms with Gasteiger partial charge >= 0.3 is 0 Å². The molecule has 2 heteroatoms. The predicted octanol–water partition coefficient (Wildman–Crippen LogP) is 1.65. The van der Waals surface area contributed by atoms with Crippen molar-refractivity contribution in [2.45, 2.75) is 0 Å². The molecule has 0 aliphatic rings. The molecule has 0 rings (SSSR count). The van der Waals surface area contributed by atoms with E-state index in [0.717, 1.165) is 0 Å². The Morgan fingerprint density at radius 2 is 2.29 bits per heavy atom. The second-order valence-corrected chi connectivity index (χ2v) is 1.82. The first-order chi connectivity index (χ1) is 3.31. The van der Waals surface area contributed by atoms with Crippen molar-refractivity contribution in [2.75, 3.05) is 0 Å². The summed E-state index contributed by atoms with van der Waals surface area (Å²) >= 11 is 2.96. The Morgan fingerprint density at radius 3 is 2.43 bits per heavy atom. The highest BCUT2D eigenvalue weighted by Gasteiger charge is 1.77. The minimum Gasteiger partial charge on any atom is -0.297 e. The molecule has 0 heterocycles. The average Bonchev–Trinajstić information content (AvgIpc) is 1.68. The van der Waals surface area contributed by atoms with Crippen LogP contribution in [0.1, 0.15) is 0 Å². The number of carbonyl (C=O) groups is 1. The maximum Gasteiger partial charge on any atom is 0.156 e. The van der Waals surface area contributed by atoms with E-state index in [1.54, 1.807) is 12.2 Å². The number of rotatable bonds is 2. The zero-order valence-corrected chi connectivity index (χ0v) is 5.31. The molecule has 0 N–H and O–H groups in total. The van der Waals surface area contributed by atoms with Gasteiger partial charge in [0.25, 0.3) is 0 Å². The summed E-state index contributed by atoms with van der Waals surface area (Å²) in [6.07, 6.45) is 3.83. The first-order valence-electron chi connectivity index (χ1n) is 1.74. The second-order valence-electron chi connectivity index (χ2n) is 0.905. The van der Waals surface area contributed by atoms with E-state index in [0.29, 0.717) is 10.8 Å². The molecule has 0 fully saturated rings. The minimum atomic E-state index is 0.516. The van der Waals surface area contributed by atoms with E-state index in [4.69, 9.17) is 0 Å². The van der Waals surface area contributed by atoms with Crippen molar-refractivity contribution in [1.82, 2.24) is 0 Å². The van der Waals surface area contributed by atoms with Crippen LogP contribution in [0.5, 0.6) is 0 Å².